The van der Waals surface area contributed by atoms with Gasteiger partial charge in [-0.2, -0.15) is 0 Å². The Hall–Kier alpha value is -1.70. The van der Waals surface area contributed by atoms with Crippen LogP contribution in [0, 0.1) is 16.3 Å². The Kier molecular flexibility index (Phi) is 3.33. The van der Waals surface area contributed by atoms with E-state index in [9.17, 15) is 4.39 Å². The average molecular weight is 383 g/mol. The van der Waals surface area contributed by atoms with Crippen LogP contribution in [0.4, 0.5) is 4.39 Å². The monoisotopic (exact) mass is 383 g/mol. The highest BCUT2D eigenvalue weighted by molar-refractivity contribution is 14.1. The molecular weight excluding hydrogens is 372 g/mol. The number of aryl methyl sites for hydroxylation is 1. The van der Waals surface area contributed by atoms with Crippen LogP contribution >= 0.6 is 22.6 Å². The van der Waals surface area contributed by atoms with Crippen molar-refractivity contribution >= 4 is 28.2 Å². The van der Waals surface area contributed by atoms with E-state index in [-0.39, 0.29) is 11.6 Å². The van der Waals surface area contributed by atoms with Gasteiger partial charge in [-0.15, -0.1) is 0 Å². The SMILES string of the molecule is COc1ccc(-c2cnc3c(C)nccn23)c(I)c1F. The molecule has 2 heterocycles. The molecule has 3 aromatic rings. The van der Waals surface area contributed by atoms with E-state index in [1.165, 1.54) is 7.11 Å². The molecule has 0 spiro atoms. The summed E-state index contributed by atoms with van der Waals surface area (Å²) in [7, 11) is 1.46. The summed E-state index contributed by atoms with van der Waals surface area (Å²) in [6, 6.07) is 3.46. The van der Waals surface area contributed by atoms with Crippen LogP contribution in [-0.4, -0.2) is 21.5 Å². The maximum absolute atomic E-state index is 14.2. The molecule has 0 saturated carbocycles. The van der Waals surface area contributed by atoms with Crippen molar-refractivity contribution in [3.8, 4) is 17.0 Å². The Balaban J connectivity index is 2.27. The quantitative estimate of drug-likeness (QED) is 0.637. The van der Waals surface area contributed by atoms with Gasteiger partial charge in [-0.3, -0.25) is 9.38 Å². The van der Waals surface area contributed by atoms with E-state index in [4.69, 9.17) is 4.74 Å². The predicted molar refractivity (Wildman–Crippen MR) is 82.4 cm³/mol. The predicted octanol–water partition coefficient (Wildman–Crippen LogP) is 3.46. The second kappa shape index (κ2) is 5.01. The number of hydrogen-bond donors (Lipinski definition) is 0. The van der Waals surface area contributed by atoms with Crippen molar-refractivity contribution in [3.05, 3.63) is 45.8 Å². The van der Waals surface area contributed by atoms with Crippen molar-refractivity contribution in [1.29, 1.82) is 0 Å². The third kappa shape index (κ3) is 1.94. The molecule has 20 heavy (non-hydrogen) atoms. The highest BCUT2D eigenvalue weighted by Crippen LogP contribution is 2.32. The van der Waals surface area contributed by atoms with Crippen molar-refractivity contribution < 1.29 is 9.13 Å². The van der Waals surface area contributed by atoms with Crippen molar-refractivity contribution in [2.45, 2.75) is 6.92 Å². The zero-order valence-electron chi connectivity index (χ0n) is 10.9. The maximum atomic E-state index is 14.2. The van der Waals surface area contributed by atoms with Crippen molar-refractivity contribution in [2.75, 3.05) is 7.11 Å². The molecule has 0 amide bonds. The van der Waals surface area contributed by atoms with Crippen molar-refractivity contribution in [1.82, 2.24) is 14.4 Å². The van der Waals surface area contributed by atoms with Gasteiger partial charge in [0.15, 0.2) is 17.2 Å². The number of rotatable bonds is 2. The van der Waals surface area contributed by atoms with E-state index in [2.05, 4.69) is 9.97 Å². The molecule has 102 valence electrons. The lowest BCUT2D eigenvalue weighted by molar-refractivity contribution is 0.385. The van der Waals surface area contributed by atoms with Crippen LogP contribution in [0.25, 0.3) is 16.9 Å². The Morgan fingerprint density at radius 1 is 1.30 bits per heavy atom. The summed E-state index contributed by atoms with van der Waals surface area (Å²) < 4.78 is 21.6. The van der Waals surface area contributed by atoms with E-state index >= 15 is 0 Å². The molecule has 0 aliphatic heterocycles. The summed E-state index contributed by atoms with van der Waals surface area (Å²) in [4.78, 5) is 8.55. The molecule has 4 nitrogen and oxygen atoms in total. The smallest absolute Gasteiger partial charge is 0.179 e. The number of nitrogens with zero attached hydrogens (tertiary/aromatic N) is 3. The van der Waals surface area contributed by atoms with Gasteiger partial charge in [0, 0.05) is 18.0 Å². The van der Waals surface area contributed by atoms with E-state index in [1.54, 1.807) is 18.5 Å². The average Bonchev–Trinajstić information content (AvgIpc) is 2.87. The maximum Gasteiger partial charge on any atom is 0.179 e. The van der Waals surface area contributed by atoms with Gasteiger partial charge < -0.3 is 4.74 Å². The fourth-order valence-electron chi connectivity index (χ4n) is 2.14. The number of ether oxygens (including phenoxy) is 1. The van der Waals surface area contributed by atoms with Crippen molar-refractivity contribution in [2.24, 2.45) is 0 Å². The summed E-state index contributed by atoms with van der Waals surface area (Å²) in [5.74, 6) is -0.115. The molecule has 0 saturated heterocycles. The molecule has 0 fully saturated rings. The summed E-state index contributed by atoms with van der Waals surface area (Å²) in [5, 5.41) is 0. The zero-order valence-corrected chi connectivity index (χ0v) is 13.1. The van der Waals surface area contributed by atoms with Crippen molar-refractivity contribution in [3.63, 3.8) is 0 Å². The van der Waals surface area contributed by atoms with Gasteiger partial charge in [-0.1, -0.05) is 0 Å². The minimum Gasteiger partial charge on any atom is -0.494 e. The Labute approximate surface area is 128 Å². The fraction of sp³-hybridized carbons (Fsp3) is 0.143. The van der Waals surface area contributed by atoms with Crippen LogP contribution in [0.5, 0.6) is 5.75 Å². The molecule has 0 bridgehead atoms. The first-order valence-electron chi connectivity index (χ1n) is 5.94. The van der Waals surface area contributed by atoms with Crippen LogP contribution in [0.3, 0.4) is 0 Å². The minimum atomic E-state index is -0.355. The highest BCUT2D eigenvalue weighted by Gasteiger charge is 2.16. The minimum absolute atomic E-state index is 0.241. The molecule has 0 radical (unpaired) electrons. The Bertz CT molecular complexity index is 800. The van der Waals surface area contributed by atoms with Crippen LogP contribution < -0.4 is 4.74 Å². The number of methoxy groups -OCH3 is 1. The molecule has 0 aliphatic rings. The van der Waals surface area contributed by atoms with Crippen LogP contribution in [0.1, 0.15) is 5.69 Å². The van der Waals surface area contributed by atoms with Gasteiger partial charge >= 0.3 is 0 Å². The van der Waals surface area contributed by atoms with Crippen LogP contribution in [0.15, 0.2) is 30.7 Å². The Morgan fingerprint density at radius 3 is 2.85 bits per heavy atom. The third-order valence-electron chi connectivity index (χ3n) is 3.15. The molecule has 0 aliphatic carbocycles. The standard InChI is InChI=1S/C14H11FIN3O/c1-8-14-18-7-10(19(14)6-5-17-8)9-3-4-11(20-2)12(15)13(9)16/h3-7H,1-2H3. The second-order valence-electron chi connectivity index (χ2n) is 4.29. The molecule has 6 heteroatoms. The summed E-state index contributed by atoms with van der Waals surface area (Å²) >= 11 is 1.98. The molecular formula is C14H11FIN3O. The fourth-order valence-corrected chi connectivity index (χ4v) is 2.86. The van der Waals surface area contributed by atoms with E-state index in [1.807, 2.05) is 46.2 Å². The number of aromatic nitrogens is 3. The Morgan fingerprint density at radius 2 is 2.10 bits per heavy atom. The first kappa shape index (κ1) is 13.3. The first-order valence-corrected chi connectivity index (χ1v) is 7.02. The molecule has 3 rings (SSSR count). The zero-order chi connectivity index (χ0) is 14.3. The van der Waals surface area contributed by atoms with Gasteiger partial charge in [0.2, 0.25) is 0 Å². The van der Waals surface area contributed by atoms with Gasteiger partial charge in [0.05, 0.1) is 28.3 Å². The molecule has 2 aromatic heterocycles. The van der Waals surface area contributed by atoms with Gasteiger partial charge in [0.25, 0.3) is 0 Å². The number of benzene rings is 1. The molecule has 0 N–H and O–H groups in total. The largest absolute Gasteiger partial charge is 0.494 e. The van der Waals surface area contributed by atoms with Gasteiger partial charge in [0.1, 0.15) is 0 Å². The summed E-state index contributed by atoms with van der Waals surface area (Å²) in [5.41, 5.74) is 3.22. The number of hydrogen-bond acceptors (Lipinski definition) is 3. The number of imidazole rings is 1. The summed E-state index contributed by atoms with van der Waals surface area (Å²) in [6.07, 6.45) is 5.26. The van der Waals surface area contributed by atoms with Gasteiger partial charge in [-0.25, -0.2) is 9.37 Å². The number of fused-ring (bicyclic) bond motifs is 1. The summed E-state index contributed by atoms with van der Waals surface area (Å²) in [6.45, 7) is 1.89. The lowest BCUT2D eigenvalue weighted by Gasteiger charge is -2.09. The van der Waals surface area contributed by atoms with E-state index < -0.39 is 0 Å². The normalized spacial score (nSPS) is 11.0. The van der Waals surface area contributed by atoms with Crippen LogP contribution in [0.2, 0.25) is 0 Å². The van der Waals surface area contributed by atoms with Gasteiger partial charge in [-0.05, 0) is 41.6 Å². The molecule has 0 unspecified atom stereocenters. The third-order valence-corrected chi connectivity index (χ3v) is 4.20. The lowest BCUT2D eigenvalue weighted by Crippen LogP contribution is -1.97. The van der Waals surface area contributed by atoms with Crippen LogP contribution in [-0.2, 0) is 0 Å². The lowest BCUT2D eigenvalue weighted by atomic mass is 10.1. The second-order valence-corrected chi connectivity index (χ2v) is 5.37. The molecule has 0 atom stereocenters. The topological polar surface area (TPSA) is 39.4 Å². The molecule has 1 aromatic carbocycles. The number of halogens is 2. The first-order chi connectivity index (χ1) is 9.63. The van der Waals surface area contributed by atoms with E-state index in [0.29, 0.717) is 3.57 Å². The van der Waals surface area contributed by atoms with E-state index in [0.717, 1.165) is 22.6 Å². The highest BCUT2D eigenvalue weighted by atomic mass is 127.